The summed E-state index contributed by atoms with van der Waals surface area (Å²) in [6.45, 7) is 8.37. The van der Waals surface area contributed by atoms with E-state index in [0.717, 1.165) is 0 Å². The van der Waals surface area contributed by atoms with Crippen molar-refractivity contribution in [3.8, 4) is 5.75 Å². The molecule has 1 fully saturated rings. The Labute approximate surface area is 218 Å². The molecular formula is C24H30FN6O6P. The lowest BCUT2D eigenvalue weighted by Crippen LogP contribution is -2.37. The Hall–Kier alpha value is -3.38. The number of nitrogens with two attached hydrogens (primary N) is 1. The number of hydrogen-bond donors (Lipinski definition) is 3. The predicted octanol–water partition coefficient (Wildman–Crippen LogP) is 2.97. The van der Waals surface area contributed by atoms with Crippen LogP contribution in [0.25, 0.3) is 11.2 Å². The monoisotopic (exact) mass is 548 g/mol. The Morgan fingerprint density at radius 2 is 1.97 bits per heavy atom. The number of carbonyl (C=O) groups excluding carboxylic acids is 1. The van der Waals surface area contributed by atoms with E-state index in [9.17, 15) is 14.5 Å². The van der Waals surface area contributed by atoms with Crippen LogP contribution in [-0.4, -0.2) is 61.6 Å². The van der Waals surface area contributed by atoms with E-state index in [1.54, 1.807) is 44.2 Å². The van der Waals surface area contributed by atoms with E-state index in [0.29, 0.717) is 0 Å². The molecule has 1 aliphatic carbocycles. The number of aliphatic hydroxyl groups is 1. The van der Waals surface area contributed by atoms with Gasteiger partial charge in [-0.2, -0.15) is 5.09 Å². The molecule has 3 aromatic rings. The molecule has 0 bridgehead atoms. The number of nitrogen functional groups attached to an aromatic ring is 1. The minimum atomic E-state index is -4.23. The number of benzene rings is 1. The molecule has 0 aliphatic heterocycles. The van der Waals surface area contributed by atoms with Crippen molar-refractivity contribution in [2.24, 2.45) is 5.92 Å². The van der Waals surface area contributed by atoms with E-state index in [4.69, 9.17) is 19.5 Å². The van der Waals surface area contributed by atoms with E-state index in [1.807, 2.05) is 0 Å². The average Bonchev–Trinajstić information content (AvgIpc) is 3.37. The second-order valence-electron chi connectivity index (χ2n) is 9.18. The lowest BCUT2D eigenvalue weighted by atomic mass is 10.0. The molecule has 12 nitrogen and oxygen atoms in total. The minimum Gasteiger partial charge on any atom is -0.462 e. The number of halogens is 1. The number of ether oxygens (including phenoxy) is 1. The van der Waals surface area contributed by atoms with Gasteiger partial charge >= 0.3 is 13.7 Å². The lowest BCUT2D eigenvalue weighted by molar-refractivity contribution is -0.149. The number of esters is 1. The highest BCUT2D eigenvalue weighted by Crippen LogP contribution is 2.49. The first-order valence-electron chi connectivity index (χ1n) is 11.9. The smallest absolute Gasteiger partial charge is 0.459 e. The largest absolute Gasteiger partial charge is 0.462 e. The maximum absolute atomic E-state index is 15.4. The van der Waals surface area contributed by atoms with E-state index in [-0.39, 0.29) is 28.3 Å². The topological polar surface area (TPSA) is 164 Å². The molecule has 38 heavy (non-hydrogen) atoms. The first-order chi connectivity index (χ1) is 18.0. The number of rotatable bonds is 10. The molecule has 204 valence electrons. The van der Waals surface area contributed by atoms with E-state index < -0.39 is 56.7 Å². The zero-order chi connectivity index (χ0) is 27.6. The summed E-state index contributed by atoms with van der Waals surface area (Å²) in [6, 6.07) is 6.10. The van der Waals surface area contributed by atoms with Gasteiger partial charge in [0.05, 0.1) is 31.2 Å². The molecule has 0 radical (unpaired) electrons. The van der Waals surface area contributed by atoms with Gasteiger partial charge in [-0.1, -0.05) is 24.8 Å². The van der Waals surface area contributed by atoms with Gasteiger partial charge in [0.1, 0.15) is 23.6 Å². The van der Waals surface area contributed by atoms with Gasteiger partial charge in [0, 0.05) is 5.92 Å². The summed E-state index contributed by atoms with van der Waals surface area (Å²) >= 11 is 0. The zero-order valence-electron chi connectivity index (χ0n) is 21.1. The molecule has 2 heterocycles. The summed E-state index contributed by atoms with van der Waals surface area (Å²) < 4.78 is 47.0. The third-order valence-electron chi connectivity index (χ3n) is 6.03. The fraction of sp³-hybridized carbons (Fsp3) is 0.417. The van der Waals surface area contributed by atoms with Crippen LogP contribution in [0.5, 0.6) is 5.75 Å². The normalized spacial score (nSPS) is 23.9. The van der Waals surface area contributed by atoms with Crippen molar-refractivity contribution in [2.45, 2.75) is 51.2 Å². The number of para-hydroxylation sites is 1. The van der Waals surface area contributed by atoms with Crippen LogP contribution in [-0.2, 0) is 18.6 Å². The van der Waals surface area contributed by atoms with Gasteiger partial charge in [0.2, 0.25) is 0 Å². The van der Waals surface area contributed by atoms with Crippen LogP contribution in [0.1, 0.15) is 26.8 Å². The van der Waals surface area contributed by atoms with Crippen molar-refractivity contribution < 1.29 is 32.6 Å². The van der Waals surface area contributed by atoms with E-state index in [2.05, 4.69) is 26.6 Å². The summed E-state index contributed by atoms with van der Waals surface area (Å²) in [6.07, 6.45) is -1.16. The van der Waals surface area contributed by atoms with Gasteiger partial charge in [0.25, 0.3) is 0 Å². The number of fused-ring (bicyclic) bond motifs is 1. The van der Waals surface area contributed by atoms with Gasteiger partial charge in [-0.25, -0.2) is 23.9 Å². The maximum Gasteiger partial charge on any atom is 0.459 e. The van der Waals surface area contributed by atoms with Crippen LogP contribution >= 0.6 is 7.75 Å². The van der Waals surface area contributed by atoms with Crippen LogP contribution in [0.15, 0.2) is 55.1 Å². The zero-order valence-corrected chi connectivity index (χ0v) is 22.0. The highest BCUT2D eigenvalue weighted by molar-refractivity contribution is 7.52. The molecule has 6 atom stereocenters. The number of anilines is 1. The minimum absolute atomic E-state index is 0.128. The number of aliphatic hydroxyl groups excluding tert-OH is 1. The molecule has 0 saturated heterocycles. The summed E-state index contributed by atoms with van der Waals surface area (Å²) in [4.78, 5) is 24.5. The summed E-state index contributed by atoms with van der Waals surface area (Å²) in [5, 5.41) is 13.3. The number of nitrogens with zero attached hydrogens (tertiary/aromatic N) is 4. The number of aromatic nitrogens is 4. The summed E-state index contributed by atoms with van der Waals surface area (Å²) in [5.41, 5.74) is 6.67. The molecule has 4 N–H and O–H groups in total. The van der Waals surface area contributed by atoms with Gasteiger partial charge in [0.15, 0.2) is 17.6 Å². The highest BCUT2D eigenvalue weighted by Gasteiger charge is 2.48. The summed E-state index contributed by atoms with van der Waals surface area (Å²) in [5.74, 6) is -1.30. The summed E-state index contributed by atoms with van der Waals surface area (Å²) in [7, 11) is -4.23. The Bertz CT molecular complexity index is 1350. The SMILES string of the molecule is C=C1C(COP(=O)(N[C@H](C)C(=O)OC(C)C)Oc2ccccc2)C(O)C(F)C1n1cnc2c(N)ncnc21. The molecule has 2 aromatic heterocycles. The van der Waals surface area contributed by atoms with Crippen molar-refractivity contribution in [1.82, 2.24) is 24.6 Å². The molecule has 5 unspecified atom stereocenters. The number of alkyl halides is 1. The van der Waals surface area contributed by atoms with E-state index >= 15 is 4.39 Å². The van der Waals surface area contributed by atoms with Crippen LogP contribution in [0.4, 0.5) is 10.2 Å². The van der Waals surface area contributed by atoms with Gasteiger partial charge in [-0.15, -0.1) is 0 Å². The molecule has 0 spiro atoms. The fourth-order valence-electron chi connectivity index (χ4n) is 4.18. The molecule has 14 heteroatoms. The van der Waals surface area contributed by atoms with Crippen molar-refractivity contribution in [3.05, 3.63) is 55.1 Å². The molecule has 1 aromatic carbocycles. The van der Waals surface area contributed by atoms with Gasteiger partial charge in [-0.05, 0) is 38.5 Å². The third kappa shape index (κ3) is 5.70. The van der Waals surface area contributed by atoms with Crippen molar-refractivity contribution in [2.75, 3.05) is 12.3 Å². The quantitative estimate of drug-likeness (QED) is 0.194. The van der Waals surface area contributed by atoms with Crippen LogP contribution in [0, 0.1) is 5.92 Å². The van der Waals surface area contributed by atoms with Gasteiger partial charge < -0.3 is 24.7 Å². The first kappa shape index (κ1) is 27.6. The third-order valence-corrected chi connectivity index (χ3v) is 7.68. The molecule has 1 aliphatic rings. The molecule has 1 saturated carbocycles. The van der Waals surface area contributed by atoms with Crippen LogP contribution in [0.2, 0.25) is 0 Å². The lowest BCUT2D eigenvalue weighted by Gasteiger charge is -2.25. The van der Waals surface area contributed by atoms with Crippen LogP contribution in [0.3, 0.4) is 0 Å². The Balaban J connectivity index is 1.55. The predicted molar refractivity (Wildman–Crippen MR) is 137 cm³/mol. The molecule has 4 rings (SSSR count). The first-order valence-corrected chi connectivity index (χ1v) is 13.5. The Kier molecular flexibility index (Phi) is 8.12. The number of imidazole rings is 1. The van der Waals surface area contributed by atoms with Gasteiger partial charge in [-0.3, -0.25) is 9.32 Å². The van der Waals surface area contributed by atoms with Crippen molar-refractivity contribution in [1.29, 1.82) is 0 Å². The Morgan fingerprint density at radius 1 is 1.26 bits per heavy atom. The molecule has 0 amide bonds. The fourth-order valence-corrected chi connectivity index (χ4v) is 5.69. The van der Waals surface area contributed by atoms with E-state index in [1.165, 1.54) is 24.1 Å². The number of carbonyl (C=O) groups is 1. The standard InChI is InChI=1S/C24H30FN6O6P/c1-13(2)36-24(33)15(4)30-38(34,37-16-8-6-5-7-9-16)35-10-17-14(3)20(18(25)21(17)32)31-12-29-19-22(26)27-11-28-23(19)31/h5-9,11-13,15,17-18,20-21,32H,3,10H2,1-2,4H3,(H,30,34)(H2,26,27,28)/t15-,17?,18?,20?,21?,38?/m1/s1. The average molecular weight is 549 g/mol. The highest BCUT2D eigenvalue weighted by atomic mass is 31.2. The van der Waals surface area contributed by atoms with Crippen molar-refractivity contribution >= 4 is 30.7 Å². The second kappa shape index (κ2) is 11.2. The second-order valence-corrected chi connectivity index (χ2v) is 10.9. The maximum atomic E-state index is 15.4. The molecular weight excluding hydrogens is 518 g/mol. The Morgan fingerprint density at radius 3 is 2.66 bits per heavy atom. The van der Waals surface area contributed by atoms with Crippen molar-refractivity contribution in [3.63, 3.8) is 0 Å². The number of hydrogen-bond acceptors (Lipinski definition) is 10. The van der Waals surface area contributed by atoms with Crippen LogP contribution < -0.4 is 15.3 Å². The number of nitrogens with one attached hydrogen (secondary N) is 1.